The van der Waals surface area contributed by atoms with Gasteiger partial charge in [-0.3, -0.25) is 9.59 Å². The molecule has 2 atom stereocenters. The lowest BCUT2D eigenvalue weighted by Crippen LogP contribution is -2.54. The van der Waals surface area contributed by atoms with Gasteiger partial charge in [-0.15, -0.1) is 0 Å². The summed E-state index contributed by atoms with van der Waals surface area (Å²) in [6, 6.07) is 25.2. The summed E-state index contributed by atoms with van der Waals surface area (Å²) in [6.07, 6.45) is -0.0845. The first kappa shape index (κ1) is 26.5. The zero-order valence-electron chi connectivity index (χ0n) is 20.6. The number of rotatable bonds is 11. The second-order valence-corrected chi connectivity index (χ2v) is 9.12. The van der Waals surface area contributed by atoms with E-state index in [-0.39, 0.29) is 18.9 Å². The van der Waals surface area contributed by atoms with Crippen LogP contribution in [0.2, 0.25) is 0 Å². The average Bonchev–Trinajstić information content (AvgIpc) is 2.88. The Morgan fingerprint density at radius 3 is 1.92 bits per heavy atom. The molecule has 0 saturated carbocycles. The Morgan fingerprint density at radius 2 is 1.33 bits per heavy atom. The highest BCUT2D eigenvalue weighted by Crippen LogP contribution is 2.20. The van der Waals surface area contributed by atoms with Gasteiger partial charge in [-0.1, -0.05) is 98.8 Å². The number of amides is 3. The quantitative estimate of drug-likeness (QED) is 0.376. The van der Waals surface area contributed by atoms with Crippen LogP contribution in [0.4, 0.5) is 4.79 Å². The van der Waals surface area contributed by atoms with Crippen LogP contribution in [0.15, 0.2) is 84.9 Å². The van der Waals surface area contributed by atoms with E-state index in [1.54, 1.807) is 0 Å². The molecule has 0 fully saturated rings. The molecule has 0 aliphatic rings. The van der Waals surface area contributed by atoms with E-state index in [1.807, 2.05) is 98.8 Å². The van der Waals surface area contributed by atoms with Crippen LogP contribution >= 0.6 is 0 Å². The van der Waals surface area contributed by atoms with E-state index in [9.17, 15) is 14.4 Å². The van der Waals surface area contributed by atoms with Crippen molar-refractivity contribution < 1.29 is 19.1 Å². The Labute approximate surface area is 212 Å². The molecule has 0 saturated heterocycles. The van der Waals surface area contributed by atoms with Gasteiger partial charge in [0.15, 0.2) is 0 Å². The first-order valence-electron chi connectivity index (χ1n) is 12.0. The third kappa shape index (κ3) is 8.27. The molecule has 188 valence electrons. The van der Waals surface area contributed by atoms with Crippen LogP contribution in [-0.4, -0.2) is 30.0 Å². The Balaban J connectivity index is 1.61. The number of ether oxygens (including phenoxy) is 1. The number of benzene rings is 3. The number of primary amides is 1. The third-order valence-electron chi connectivity index (χ3n) is 5.69. The topological polar surface area (TPSA) is 111 Å². The molecule has 7 heteroatoms. The zero-order valence-corrected chi connectivity index (χ0v) is 20.6. The zero-order chi connectivity index (χ0) is 25.9. The van der Waals surface area contributed by atoms with Gasteiger partial charge in [0.05, 0.1) is 0 Å². The summed E-state index contributed by atoms with van der Waals surface area (Å²) in [4.78, 5) is 37.6. The molecule has 0 heterocycles. The first-order valence-corrected chi connectivity index (χ1v) is 12.0. The smallest absolute Gasteiger partial charge is 0.408 e. The van der Waals surface area contributed by atoms with E-state index in [2.05, 4.69) is 10.6 Å². The van der Waals surface area contributed by atoms with Crippen molar-refractivity contribution in [1.82, 2.24) is 10.6 Å². The molecule has 0 bridgehead atoms. The Morgan fingerprint density at radius 1 is 0.750 bits per heavy atom. The van der Waals surface area contributed by atoms with Crippen molar-refractivity contribution in [3.8, 4) is 11.1 Å². The molecule has 0 unspecified atom stereocenters. The van der Waals surface area contributed by atoms with Gasteiger partial charge in [0.2, 0.25) is 11.8 Å². The summed E-state index contributed by atoms with van der Waals surface area (Å²) in [7, 11) is 0. The SMILES string of the molecule is CC(C)C[C@H](NC(=O)OCc1ccccc1)C(=O)N[C@@H](Cc1ccc(-c2ccccc2)cc1)C(N)=O. The molecule has 3 rings (SSSR count). The molecule has 0 radical (unpaired) electrons. The summed E-state index contributed by atoms with van der Waals surface area (Å²) in [5, 5.41) is 5.34. The van der Waals surface area contributed by atoms with Gasteiger partial charge in [-0.25, -0.2) is 4.79 Å². The third-order valence-corrected chi connectivity index (χ3v) is 5.69. The van der Waals surface area contributed by atoms with Crippen LogP contribution in [0.3, 0.4) is 0 Å². The fourth-order valence-corrected chi connectivity index (χ4v) is 3.80. The molecule has 3 aromatic carbocycles. The van der Waals surface area contributed by atoms with Crippen molar-refractivity contribution in [1.29, 1.82) is 0 Å². The molecule has 7 nitrogen and oxygen atoms in total. The van der Waals surface area contributed by atoms with Gasteiger partial charge >= 0.3 is 6.09 Å². The number of nitrogens with two attached hydrogens (primary N) is 1. The lowest BCUT2D eigenvalue weighted by atomic mass is 9.99. The van der Waals surface area contributed by atoms with E-state index < -0.39 is 30.0 Å². The maximum atomic E-state index is 13.0. The molecule has 36 heavy (non-hydrogen) atoms. The Bertz CT molecular complexity index is 1130. The molecular formula is C29H33N3O4. The fraction of sp³-hybridized carbons (Fsp3) is 0.276. The predicted octanol–water partition coefficient (Wildman–Crippen LogP) is 4.21. The lowest BCUT2D eigenvalue weighted by molar-refractivity contribution is -0.128. The fourth-order valence-electron chi connectivity index (χ4n) is 3.80. The minimum atomic E-state index is -0.920. The number of nitrogens with one attached hydrogen (secondary N) is 2. The second kappa shape index (κ2) is 13.1. The highest BCUT2D eigenvalue weighted by atomic mass is 16.5. The second-order valence-electron chi connectivity index (χ2n) is 9.12. The molecule has 0 aromatic heterocycles. The first-order chi connectivity index (χ1) is 17.3. The summed E-state index contributed by atoms with van der Waals surface area (Å²) >= 11 is 0. The standard InChI is InChI=1S/C29H33N3O4/c1-20(2)17-26(32-29(35)36-19-22-9-5-3-6-10-22)28(34)31-25(27(30)33)18-21-13-15-24(16-14-21)23-11-7-4-8-12-23/h3-16,20,25-26H,17-19H2,1-2H3,(H2,30,33)(H,31,34)(H,32,35)/t25-,26-/m0/s1. The van der Waals surface area contributed by atoms with Crippen LogP contribution < -0.4 is 16.4 Å². The monoisotopic (exact) mass is 487 g/mol. The van der Waals surface area contributed by atoms with E-state index in [4.69, 9.17) is 10.5 Å². The minimum Gasteiger partial charge on any atom is -0.445 e. The summed E-state index contributed by atoms with van der Waals surface area (Å²) < 4.78 is 5.26. The number of carbonyl (C=O) groups is 3. The molecule has 3 amide bonds. The van der Waals surface area contributed by atoms with E-state index in [1.165, 1.54) is 0 Å². The maximum absolute atomic E-state index is 13.0. The van der Waals surface area contributed by atoms with Gasteiger partial charge < -0.3 is 21.1 Å². The van der Waals surface area contributed by atoms with Gasteiger partial charge in [0.25, 0.3) is 0 Å². The number of hydrogen-bond acceptors (Lipinski definition) is 4. The normalized spacial score (nSPS) is 12.4. The van der Waals surface area contributed by atoms with Crippen molar-refractivity contribution in [2.24, 2.45) is 11.7 Å². The predicted molar refractivity (Wildman–Crippen MR) is 140 cm³/mol. The van der Waals surface area contributed by atoms with Gasteiger partial charge in [-0.05, 0) is 34.6 Å². The maximum Gasteiger partial charge on any atom is 0.408 e. The highest BCUT2D eigenvalue weighted by Gasteiger charge is 2.27. The van der Waals surface area contributed by atoms with Gasteiger partial charge in [0.1, 0.15) is 18.7 Å². The van der Waals surface area contributed by atoms with Gasteiger partial charge in [0, 0.05) is 6.42 Å². The van der Waals surface area contributed by atoms with Crippen molar-refractivity contribution in [3.63, 3.8) is 0 Å². The molecule has 4 N–H and O–H groups in total. The van der Waals surface area contributed by atoms with Crippen LogP contribution in [-0.2, 0) is 27.4 Å². The van der Waals surface area contributed by atoms with E-state index in [0.29, 0.717) is 6.42 Å². The molecular weight excluding hydrogens is 454 g/mol. The molecule has 0 spiro atoms. The average molecular weight is 488 g/mol. The summed E-state index contributed by atoms with van der Waals surface area (Å²) in [6.45, 7) is 3.97. The van der Waals surface area contributed by atoms with Crippen LogP contribution in [0.1, 0.15) is 31.4 Å². The van der Waals surface area contributed by atoms with Gasteiger partial charge in [-0.2, -0.15) is 0 Å². The molecule has 0 aliphatic carbocycles. The van der Waals surface area contributed by atoms with Crippen LogP contribution in [0.5, 0.6) is 0 Å². The van der Waals surface area contributed by atoms with Crippen LogP contribution in [0, 0.1) is 5.92 Å². The Kier molecular flexibility index (Phi) is 9.63. The van der Waals surface area contributed by atoms with Crippen LogP contribution in [0.25, 0.3) is 11.1 Å². The number of carbonyl (C=O) groups excluding carboxylic acids is 3. The highest BCUT2D eigenvalue weighted by molar-refractivity contribution is 5.90. The largest absolute Gasteiger partial charge is 0.445 e. The molecule has 0 aliphatic heterocycles. The summed E-state index contributed by atoms with van der Waals surface area (Å²) in [5.41, 5.74) is 9.44. The number of hydrogen-bond donors (Lipinski definition) is 3. The minimum absolute atomic E-state index is 0.0889. The van der Waals surface area contributed by atoms with Crippen molar-refractivity contribution in [2.45, 2.75) is 45.4 Å². The number of alkyl carbamates (subject to hydrolysis) is 1. The lowest BCUT2D eigenvalue weighted by Gasteiger charge is -2.23. The Hall–Kier alpha value is -4.13. The van der Waals surface area contributed by atoms with E-state index in [0.717, 1.165) is 22.3 Å². The van der Waals surface area contributed by atoms with Crippen molar-refractivity contribution >= 4 is 17.9 Å². The van der Waals surface area contributed by atoms with E-state index >= 15 is 0 Å². The van der Waals surface area contributed by atoms with Crippen molar-refractivity contribution in [3.05, 3.63) is 96.1 Å². The molecule has 3 aromatic rings. The summed E-state index contributed by atoms with van der Waals surface area (Å²) in [5.74, 6) is -1.01. The van der Waals surface area contributed by atoms with Crippen molar-refractivity contribution in [2.75, 3.05) is 0 Å².